The average Bonchev–Trinajstić information content (AvgIpc) is 2.21. The minimum Gasteiger partial charge on any atom is -0.0921 e. The summed E-state index contributed by atoms with van der Waals surface area (Å²) in [6.45, 7) is 4.57. The Labute approximate surface area is 110 Å². The van der Waals surface area contributed by atoms with E-state index in [4.69, 9.17) is 0 Å². The fourth-order valence-corrected chi connectivity index (χ4v) is 2.94. The Morgan fingerprint density at radius 2 is 1.80 bits per heavy atom. The van der Waals surface area contributed by atoms with Crippen molar-refractivity contribution in [3.8, 4) is 0 Å². The zero-order valence-electron chi connectivity index (χ0n) is 9.34. The molecule has 0 N–H and O–H groups in total. The van der Waals surface area contributed by atoms with Gasteiger partial charge in [0.1, 0.15) is 0 Å². The molecule has 0 heterocycles. The van der Waals surface area contributed by atoms with Crippen LogP contribution >= 0.6 is 31.9 Å². The SMILES string of the molecule is CC(C)CCC(CBr)c1ccccc1Br. The summed E-state index contributed by atoms with van der Waals surface area (Å²) in [4.78, 5) is 0. The van der Waals surface area contributed by atoms with Crippen LogP contribution in [0.3, 0.4) is 0 Å². The lowest BCUT2D eigenvalue weighted by Crippen LogP contribution is -2.03. The lowest BCUT2D eigenvalue weighted by atomic mass is 9.93. The van der Waals surface area contributed by atoms with Crippen molar-refractivity contribution in [2.75, 3.05) is 5.33 Å². The first-order valence-electron chi connectivity index (χ1n) is 5.45. The maximum atomic E-state index is 3.62. The Kier molecular flexibility index (Phi) is 5.91. The Morgan fingerprint density at radius 3 is 2.33 bits per heavy atom. The van der Waals surface area contributed by atoms with Crippen molar-refractivity contribution in [3.05, 3.63) is 34.3 Å². The molecule has 0 aliphatic heterocycles. The Morgan fingerprint density at radius 1 is 1.13 bits per heavy atom. The second-order valence-corrected chi connectivity index (χ2v) is 5.85. The summed E-state index contributed by atoms with van der Waals surface area (Å²) in [5.74, 6) is 1.41. The Balaban J connectivity index is 2.70. The maximum absolute atomic E-state index is 3.62. The van der Waals surface area contributed by atoms with Gasteiger partial charge in [-0.1, -0.05) is 70.3 Å². The first kappa shape index (κ1) is 13.2. The average molecular weight is 334 g/mol. The number of benzene rings is 1. The zero-order chi connectivity index (χ0) is 11.3. The molecule has 0 radical (unpaired) electrons. The van der Waals surface area contributed by atoms with E-state index in [0.29, 0.717) is 5.92 Å². The van der Waals surface area contributed by atoms with Crippen molar-refractivity contribution in [2.24, 2.45) is 5.92 Å². The standard InChI is InChI=1S/C13H18Br2/c1-10(2)7-8-11(9-14)12-5-3-4-6-13(12)15/h3-6,10-11H,7-9H2,1-2H3. The van der Waals surface area contributed by atoms with E-state index in [-0.39, 0.29) is 0 Å². The number of rotatable bonds is 5. The molecular formula is C13H18Br2. The summed E-state index contributed by atoms with van der Waals surface area (Å²) < 4.78 is 1.23. The van der Waals surface area contributed by atoms with Crippen LogP contribution in [0.15, 0.2) is 28.7 Å². The molecule has 0 aliphatic carbocycles. The minimum absolute atomic E-state index is 0.628. The highest BCUT2D eigenvalue weighted by molar-refractivity contribution is 9.10. The number of halogens is 2. The molecule has 15 heavy (non-hydrogen) atoms. The number of hydrogen-bond acceptors (Lipinski definition) is 0. The zero-order valence-corrected chi connectivity index (χ0v) is 12.5. The molecule has 1 aromatic rings. The molecule has 1 rings (SSSR count). The van der Waals surface area contributed by atoms with Crippen molar-refractivity contribution in [1.82, 2.24) is 0 Å². The molecule has 0 fully saturated rings. The summed E-state index contributed by atoms with van der Waals surface area (Å²) in [5, 5.41) is 1.04. The molecule has 0 bridgehead atoms. The highest BCUT2D eigenvalue weighted by Gasteiger charge is 2.13. The van der Waals surface area contributed by atoms with Crippen LogP contribution in [0.5, 0.6) is 0 Å². The van der Waals surface area contributed by atoms with Crippen LogP contribution < -0.4 is 0 Å². The van der Waals surface area contributed by atoms with Gasteiger partial charge in [-0.25, -0.2) is 0 Å². The summed E-state index contributed by atoms with van der Waals surface area (Å²) >= 11 is 7.24. The third-order valence-corrected chi connectivity index (χ3v) is 4.13. The van der Waals surface area contributed by atoms with E-state index in [1.807, 2.05) is 0 Å². The Bertz CT molecular complexity index is 294. The number of hydrogen-bond donors (Lipinski definition) is 0. The highest BCUT2D eigenvalue weighted by atomic mass is 79.9. The van der Waals surface area contributed by atoms with Gasteiger partial charge in [0.2, 0.25) is 0 Å². The summed E-state index contributed by atoms with van der Waals surface area (Å²) in [7, 11) is 0. The molecular weight excluding hydrogens is 316 g/mol. The van der Waals surface area contributed by atoms with Gasteiger partial charge in [-0.2, -0.15) is 0 Å². The van der Waals surface area contributed by atoms with Crippen molar-refractivity contribution in [2.45, 2.75) is 32.6 Å². The van der Waals surface area contributed by atoms with Gasteiger partial charge in [0.05, 0.1) is 0 Å². The van der Waals surface area contributed by atoms with Gasteiger partial charge in [-0.05, 0) is 29.9 Å². The van der Waals surface area contributed by atoms with Crippen LogP contribution in [-0.4, -0.2) is 5.33 Å². The van der Waals surface area contributed by atoms with Gasteiger partial charge in [0, 0.05) is 9.80 Å². The van der Waals surface area contributed by atoms with Crippen LogP contribution in [0, 0.1) is 5.92 Å². The highest BCUT2D eigenvalue weighted by Crippen LogP contribution is 2.30. The topological polar surface area (TPSA) is 0 Å². The third-order valence-electron chi connectivity index (χ3n) is 2.62. The molecule has 0 saturated carbocycles. The first-order valence-corrected chi connectivity index (χ1v) is 7.37. The summed E-state index contributed by atoms with van der Waals surface area (Å²) in [6.07, 6.45) is 2.54. The van der Waals surface area contributed by atoms with Gasteiger partial charge in [0.25, 0.3) is 0 Å². The fourth-order valence-electron chi connectivity index (χ4n) is 1.66. The molecule has 2 heteroatoms. The van der Waals surface area contributed by atoms with Crippen molar-refractivity contribution < 1.29 is 0 Å². The van der Waals surface area contributed by atoms with E-state index in [1.54, 1.807) is 0 Å². The van der Waals surface area contributed by atoms with E-state index in [9.17, 15) is 0 Å². The van der Waals surface area contributed by atoms with Crippen LogP contribution in [-0.2, 0) is 0 Å². The molecule has 1 atom stereocenters. The third kappa shape index (κ3) is 4.28. The molecule has 0 aliphatic rings. The molecule has 0 saturated heterocycles. The quantitative estimate of drug-likeness (QED) is 0.636. The monoisotopic (exact) mass is 332 g/mol. The van der Waals surface area contributed by atoms with Gasteiger partial charge in [-0.3, -0.25) is 0 Å². The van der Waals surface area contributed by atoms with Crippen LogP contribution in [0.4, 0.5) is 0 Å². The van der Waals surface area contributed by atoms with Gasteiger partial charge in [0.15, 0.2) is 0 Å². The van der Waals surface area contributed by atoms with Crippen molar-refractivity contribution in [3.63, 3.8) is 0 Å². The number of alkyl halides is 1. The second kappa shape index (κ2) is 6.70. The van der Waals surface area contributed by atoms with Gasteiger partial charge < -0.3 is 0 Å². The van der Waals surface area contributed by atoms with Crippen molar-refractivity contribution in [1.29, 1.82) is 0 Å². The van der Waals surface area contributed by atoms with E-state index in [1.165, 1.54) is 22.9 Å². The normalized spacial score (nSPS) is 13.1. The van der Waals surface area contributed by atoms with Crippen LogP contribution in [0.25, 0.3) is 0 Å². The van der Waals surface area contributed by atoms with Crippen LogP contribution in [0.1, 0.15) is 38.2 Å². The van der Waals surface area contributed by atoms with E-state index < -0.39 is 0 Å². The molecule has 0 nitrogen and oxygen atoms in total. The van der Waals surface area contributed by atoms with E-state index in [0.717, 1.165) is 11.2 Å². The predicted molar refractivity (Wildman–Crippen MR) is 74.7 cm³/mol. The largest absolute Gasteiger partial charge is 0.0921 e. The maximum Gasteiger partial charge on any atom is 0.0210 e. The smallest absolute Gasteiger partial charge is 0.0210 e. The lowest BCUT2D eigenvalue weighted by molar-refractivity contribution is 0.520. The summed E-state index contributed by atoms with van der Waals surface area (Å²) in [5.41, 5.74) is 1.43. The molecule has 1 aromatic carbocycles. The van der Waals surface area contributed by atoms with E-state index in [2.05, 4.69) is 70.0 Å². The lowest BCUT2D eigenvalue weighted by Gasteiger charge is -2.17. The molecule has 0 aromatic heterocycles. The van der Waals surface area contributed by atoms with Gasteiger partial charge >= 0.3 is 0 Å². The molecule has 0 spiro atoms. The second-order valence-electron chi connectivity index (χ2n) is 4.34. The predicted octanol–water partition coefficient (Wildman–Crippen LogP) is 5.36. The first-order chi connectivity index (χ1) is 7.15. The minimum atomic E-state index is 0.628. The van der Waals surface area contributed by atoms with E-state index >= 15 is 0 Å². The fraction of sp³-hybridized carbons (Fsp3) is 0.538. The van der Waals surface area contributed by atoms with Crippen LogP contribution in [0.2, 0.25) is 0 Å². The molecule has 0 amide bonds. The summed E-state index contributed by atoms with van der Waals surface area (Å²) in [6, 6.07) is 8.53. The van der Waals surface area contributed by atoms with Crippen molar-refractivity contribution >= 4 is 31.9 Å². The molecule has 84 valence electrons. The van der Waals surface area contributed by atoms with Gasteiger partial charge in [-0.15, -0.1) is 0 Å². The molecule has 1 unspecified atom stereocenters. The Hall–Kier alpha value is 0.180.